The second kappa shape index (κ2) is 11.2. The first-order chi connectivity index (χ1) is 16.7. The summed E-state index contributed by atoms with van der Waals surface area (Å²) in [4.78, 5) is 48.9. The molecular formula is C15H22N2O17P2-2. The predicted molar refractivity (Wildman–Crippen MR) is 104 cm³/mol. The zero-order chi connectivity index (χ0) is 27.0. The Labute approximate surface area is 199 Å². The number of phosphoric acid groups is 2. The van der Waals surface area contributed by atoms with Gasteiger partial charge in [0.05, 0.1) is 13.2 Å². The zero-order valence-corrected chi connectivity index (χ0v) is 19.6. The van der Waals surface area contributed by atoms with E-state index in [1.54, 1.807) is 0 Å². The van der Waals surface area contributed by atoms with E-state index in [0.29, 0.717) is 4.57 Å². The van der Waals surface area contributed by atoms with Crippen LogP contribution in [-0.2, 0) is 32.0 Å². The summed E-state index contributed by atoms with van der Waals surface area (Å²) in [6, 6.07) is 0.911. The quantitative estimate of drug-likeness (QED) is 0.137. The van der Waals surface area contributed by atoms with Crippen molar-refractivity contribution in [3.63, 3.8) is 0 Å². The van der Waals surface area contributed by atoms with Crippen molar-refractivity contribution in [1.82, 2.24) is 9.55 Å². The number of aliphatic hydroxyl groups excluding tert-OH is 6. The van der Waals surface area contributed by atoms with Crippen molar-refractivity contribution < 1.29 is 72.4 Å². The molecule has 0 aliphatic carbocycles. The van der Waals surface area contributed by atoms with Gasteiger partial charge in [-0.15, -0.1) is 0 Å². The first kappa shape index (κ1) is 29.2. The maximum Gasteiger partial charge on any atom is 0.330 e. The Hall–Kier alpha value is -1.38. The third-order valence-corrected chi connectivity index (χ3v) is 7.67. The van der Waals surface area contributed by atoms with Gasteiger partial charge < -0.3 is 54.4 Å². The fraction of sp³-hybridized carbons (Fsp3) is 0.733. The second-order valence-electron chi connectivity index (χ2n) is 7.64. The molecule has 2 aliphatic heterocycles. The van der Waals surface area contributed by atoms with Crippen molar-refractivity contribution in [3.05, 3.63) is 33.1 Å². The Kier molecular flexibility index (Phi) is 9.05. The number of aromatic amines is 1. The molecule has 1 aromatic heterocycles. The molecule has 1 aromatic rings. The molecule has 3 rings (SSSR count). The lowest BCUT2D eigenvalue weighted by Gasteiger charge is -2.41. The number of H-pyrrole nitrogens is 1. The Morgan fingerprint density at radius 2 is 1.58 bits per heavy atom. The summed E-state index contributed by atoms with van der Waals surface area (Å²) < 4.78 is 47.1. The molecule has 0 amide bonds. The van der Waals surface area contributed by atoms with Crippen LogP contribution in [0, 0.1) is 0 Å². The van der Waals surface area contributed by atoms with Crippen LogP contribution < -0.4 is 21.0 Å². The van der Waals surface area contributed by atoms with Gasteiger partial charge in [-0.25, -0.2) is 9.11 Å². The Morgan fingerprint density at radius 3 is 2.19 bits per heavy atom. The van der Waals surface area contributed by atoms with E-state index in [9.17, 15) is 54.0 Å². The van der Waals surface area contributed by atoms with E-state index in [0.717, 1.165) is 12.3 Å². The third-order valence-electron chi connectivity index (χ3n) is 5.14. The highest BCUT2D eigenvalue weighted by molar-refractivity contribution is 7.59. The van der Waals surface area contributed by atoms with Crippen LogP contribution in [0.4, 0.5) is 0 Å². The first-order valence-electron chi connectivity index (χ1n) is 9.96. The summed E-state index contributed by atoms with van der Waals surface area (Å²) in [5, 5.41) is 58.4. The van der Waals surface area contributed by atoms with Gasteiger partial charge in [-0.2, -0.15) is 0 Å². The minimum absolute atomic E-state index is 0.697. The SMILES string of the molecule is O=c1ccn([C@@H]2O[C@H](COP(=O)([O-])OP(=O)([O-])OC3O[C@H](CO)[C@@H](O)[C@H](O)[C@H]3O)[C@@H](O)[C@H]2O)c(=O)[nH]1. The predicted octanol–water partition coefficient (Wildman–Crippen LogP) is -6.06. The minimum Gasteiger partial charge on any atom is -0.756 e. The molecule has 36 heavy (non-hydrogen) atoms. The molecule has 19 nitrogen and oxygen atoms in total. The molecule has 3 unspecified atom stereocenters. The van der Waals surface area contributed by atoms with Crippen LogP contribution in [0.3, 0.4) is 0 Å². The molecule has 2 aliphatic rings. The molecule has 0 radical (unpaired) electrons. The summed E-state index contributed by atoms with van der Waals surface area (Å²) in [5.74, 6) is 0. The lowest BCUT2D eigenvalue weighted by atomic mass is 10.00. The summed E-state index contributed by atoms with van der Waals surface area (Å²) in [6.45, 7) is -2.05. The van der Waals surface area contributed by atoms with Crippen molar-refractivity contribution in [2.24, 2.45) is 0 Å². The average molecular weight is 564 g/mol. The van der Waals surface area contributed by atoms with Crippen LogP contribution in [0.5, 0.6) is 0 Å². The van der Waals surface area contributed by atoms with Crippen molar-refractivity contribution in [2.75, 3.05) is 13.2 Å². The Morgan fingerprint density at radius 1 is 0.944 bits per heavy atom. The summed E-state index contributed by atoms with van der Waals surface area (Å²) in [5.41, 5.74) is -1.78. The smallest absolute Gasteiger partial charge is 0.330 e. The molecule has 206 valence electrons. The number of ether oxygens (including phenoxy) is 2. The topological polar surface area (TPSA) is 303 Å². The number of hydrogen-bond donors (Lipinski definition) is 7. The van der Waals surface area contributed by atoms with Gasteiger partial charge in [0.25, 0.3) is 21.2 Å². The van der Waals surface area contributed by atoms with E-state index in [4.69, 9.17) is 14.6 Å². The molecule has 0 aromatic carbocycles. The number of nitrogens with one attached hydrogen (secondary N) is 1. The van der Waals surface area contributed by atoms with Gasteiger partial charge in [-0.1, -0.05) is 0 Å². The maximum absolute atomic E-state index is 12.0. The highest BCUT2D eigenvalue weighted by Gasteiger charge is 2.47. The molecule has 0 saturated carbocycles. The number of nitrogens with zero attached hydrogens (tertiary/aromatic N) is 1. The van der Waals surface area contributed by atoms with Crippen molar-refractivity contribution >= 4 is 15.6 Å². The van der Waals surface area contributed by atoms with Gasteiger partial charge >= 0.3 is 5.69 Å². The lowest BCUT2D eigenvalue weighted by Crippen LogP contribution is -2.59. The number of phosphoric ester groups is 2. The highest BCUT2D eigenvalue weighted by Crippen LogP contribution is 2.57. The fourth-order valence-electron chi connectivity index (χ4n) is 3.34. The molecular weight excluding hydrogens is 542 g/mol. The van der Waals surface area contributed by atoms with E-state index >= 15 is 0 Å². The van der Waals surface area contributed by atoms with Crippen molar-refractivity contribution in [2.45, 2.75) is 55.2 Å². The largest absolute Gasteiger partial charge is 0.756 e. The van der Waals surface area contributed by atoms with E-state index in [-0.39, 0.29) is 0 Å². The monoisotopic (exact) mass is 564 g/mol. The molecule has 2 saturated heterocycles. The minimum atomic E-state index is -5.90. The van der Waals surface area contributed by atoms with Gasteiger partial charge in [0.1, 0.15) is 42.7 Å². The zero-order valence-electron chi connectivity index (χ0n) is 17.8. The Balaban J connectivity index is 1.61. The Bertz CT molecular complexity index is 1120. The van der Waals surface area contributed by atoms with Crippen LogP contribution in [-0.4, -0.2) is 102 Å². The van der Waals surface area contributed by atoms with E-state index in [2.05, 4.69) is 13.4 Å². The molecule has 0 bridgehead atoms. The van der Waals surface area contributed by atoms with Crippen LogP contribution in [0.1, 0.15) is 6.23 Å². The van der Waals surface area contributed by atoms with Gasteiger partial charge in [-0.05, 0) is 0 Å². The molecule has 7 N–H and O–H groups in total. The van der Waals surface area contributed by atoms with Gasteiger partial charge in [0.2, 0.25) is 0 Å². The van der Waals surface area contributed by atoms with Crippen molar-refractivity contribution in [1.29, 1.82) is 0 Å². The number of hydrogen-bond acceptors (Lipinski definition) is 17. The van der Waals surface area contributed by atoms with Crippen molar-refractivity contribution in [3.8, 4) is 0 Å². The van der Waals surface area contributed by atoms with Crippen LogP contribution in [0.25, 0.3) is 0 Å². The third kappa shape index (κ3) is 6.54. The normalized spacial score (nSPS) is 38.4. The molecule has 11 atom stereocenters. The standard InChI is InChI=1S/C15H24N2O17P2/c18-3-5-8(20)10(22)12(24)14(32-5)33-36(28,29)34-35(26,27)30-4-6-9(21)11(23)13(31-6)17-2-1-7(19)16-15(17)25/h1-2,5-6,8-14,18,20-24H,3-4H2,(H,26,27)(H,28,29)(H,16,19,25)/p-2/t5-,6-,8-,9-,10+,11-,12-,13-,14?/m1/s1. The van der Waals surface area contributed by atoms with Gasteiger partial charge in [-0.3, -0.25) is 28.0 Å². The van der Waals surface area contributed by atoms with Gasteiger partial charge in [0, 0.05) is 12.3 Å². The summed E-state index contributed by atoms with van der Waals surface area (Å²) in [7, 11) is -11.7. The number of aliphatic hydroxyl groups is 6. The second-order valence-corrected chi connectivity index (χ2v) is 10.5. The molecule has 3 heterocycles. The van der Waals surface area contributed by atoms with Crippen LogP contribution in [0.15, 0.2) is 21.9 Å². The fourth-order valence-corrected chi connectivity index (χ4v) is 5.42. The van der Waals surface area contributed by atoms with Gasteiger partial charge in [0.15, 0.2) is 12.5 Å². The highest BCUT2D eigenvalue weighted by atomic mass is 31.3. The van der Waals surface area contributed by atoms with E-state index < -0.39 is 95.4 Å². The maximum atomic E-state index is 12.0. The average Bonchev–Trinajstić information content (AvgIpc) is 3.06. The van der Waals surface area contributed by atoms with Crippen LogP contribution >= 0.6 is 15.6 Å². The number of rotatable bonds is 9. The molecule has 0 spiro atoms. The van der Waals surface area contributed by atoms with Crippen LogP contribution in [0.2, 0.25) is 0 Å². The molecule has 2 fully saturated rings. The van der Waals surface area contributed by atoms with E-state index in [1.807, 2.05) is 4.98 Å². The lowest BCUT2D eigenvalue weighted by molar-refractivity contribution is -0.305. The summed E-state index contributed by atoms with van der Waals surface area (Å²) in [6.07, 6.45) is -15.8. The summed E-state index contributed by atoms with van der Waals surface area (Å²) >= 11 is 0. The van der Waals surface area contributed by atoms with E-state index in [1.165, 1.54) is 0 Å². The molecule has 21 heteroatoms. The first-order valence-corrected chi connectivity index (χ1v) is 12.9. The number of aromatic nitrogens is 2.